The summed E-state index contributed by atoms with van der Waals surface area (Å²) in [5.74, 6) is 0.316. The molecule has 0 aliphatic rings. The first-order valence-corrected chi connectivity index (χ1v) is 8.94. The highest BCUT2D eigenvalue weighted by molar-refractivity contribution is 5.96. The topological polar surface area (TPSA) is 67.4 Å². The summed E-state index contributed by atoms with van der Waals surface area (Å²) in [4.78, 5) is 24.1. The lowest BCUT2D eigenvalue weighted by Crippen LogP contribution is -2.31. The highest BCUT2D eigenvalue weighted by Crippen LogP contribution is 2.14. The smallest absolute Gasteiger partial charge is 0.262 e. The van der Waals surface area contributed by atoms with Gasteiger partial charge in [-0.2, -0.15) is 0 Å². The van der Waals surface area contributed by atoms with E-state index in [0.717, 1.165) is 18.4 Å². The molecule has 0 heterocycles. The molecule has 5 nitrogen and oxygen atoms in total. The van der Waals surface area contributed by atoms with E-state index in [0.29, 0.717) is 17.0 Å². The Bertz CT molecular complexity index is 741. The van der Waals surface area contributed by atoms with Crippen molar-refractivity contribution in [3.05, 3.63) is 59.7 Å². The number of hydrogen-bond acceptors (Lipinski definition) is 3. The largest absolute Gasteiger partial charge is 0.484 e. The molecule has 2 amide bonds. The third-order valence-corrected chi connectivity index (χ3v) is 4.10. The number of nitrogens with one attached hydrogen (secondary N) is 2. The van der Waals surface area contributed by atoms with E-state index < -0.39 is 0 Å². The summed E-state index contributed by atoms with van der Waals surface area (Å²) >= 11 is 0. The molecule has 26 heavy (non-hydrogen) atoms. The van der Waals surface area contributed by atoms with Gasteiger partial charge in [-0.15, -0.1) is 0 Å². The van der Waals surface area contributed by atoms with Gasteiger partial charge in [0.1, 0.15) is 5.75 Å². The molecule has 0 bridgehead atoms. The first-order valence-electron chi connectivity index (χ1n) is 8.94. The van der Waals surface area contributed by atoms with Gasteiger partial charge in [-0.05, 0) is 61.7 Å². The van der Waals surface area contributed by atoms with Crippen molar-refractivity contribution < 1.29 is 14.3 Å². The zero-order chi connectivity index (χ0) is 18.9. The average Bonchev–Trinajstić information content (AvgIpc) is 2.67. The van der Waals surface area contributed by atoms with Gasteiger partial charge in [0, 0.05) is 17.3 Å². The third-order valence-electron chi connectivity index (χ3n) is 4.10. The molecule has 2 rings (SSSR count). The van der Waals surface area contributed by atoms with Gasteiger partial charge in [-0.3, -0.25) is 9.59 Å². The fourth-order valence-electron chi connectivity index (χ4n) is 2.32. The van der Waals surface area contributed by atoms with Crippen LogP contribution in [0.3, 0.4) is 0 Å². The van der Waals surface area contributed by atoms with Crippen molar-refractivity contribution >= 4 is 17.5 Å². The van der Waals surface area contributed by atoms with Crippen LogP contribution in [0.1, 0.15) is 43.1 Å². The van der Waals surface area contributed by atoms with Gasteiger partial charge in [0.2, 0.25) is 0 Å². The van der Waals surface area contributed by atoms with Crippen molar-refractivity contribution in [1.29, 1.82) is 0 Å². The SMILES string of the molecule is CCc1cccc(OCC(=O)Nc2ccc(C(=O)NC(C)CC)cc2)c1. The molecule has 5 heteroatoms. The number of hydrogen-bond donors (Lipinski definition) is 2. The Morgan fingerprint density at radius 3 is 2.46 bits per heavy atom. The molecule has 0 radical (unpaired) electrons. The number of carbonyl (C=O) groups is 2. The number of aryl methyl sites for hydroxylation is 1. The molecule has 0 aliphatic heterocycles. The third kappa shape index (κ3) is 5.92. The van der Waals surface area contributed by atoms with Crippen LogP contribution in [0.5, 0.6) is 5.75 Å². The van der Waals surface area contributed by atoms with Crippen molar-refractivity contribution in [1.82, 2.24) is 5.32 Å². The summed E-state index contributed by atoms with van der Waals surface area (Å²) in [5, 5.41) is 5.67. The molecule has 1 unspecified atom stereocenters. The van der Waals surface area contributed by atoms with Gasteiger partial charge < -0.3 is 15.4 Å². The molecule has 0 fully saturated rings. The van der Waals surface area contributed by atoms with Crippen LogP contribution in [0.4, 0.5) is 5.69 Å². The molecule has 2 aromatic carbocycles. The molecule has 138 valence electrons. The maximum absolute atomic E-state index is 12.0. The number of amides is 2. The van der Waals surface area contributed by atoms with Crippen LogP contribution in [0.15, 0.2) is 48.5 Å². The molecule has 2 aromatic rings. The number of carbonyl (C=O) groups excluding carboxylic acids is 2. The molecule has 0 aliphatic carbocycles. The van der Waals surface area contributed by atoms with Crippen LogP contribution in [-0.4, -0.2) is 24.5 Å². The van der Waals surface area contributed by atoms with Crippen LogP contribution >= 0.6 is 0 Å². The van der Waals surface area contributed by atoms with E-state index in [1.807, 2.05) is 38.1 Å². The zero-order valence-electron chi connectivity index (χ0n) is 15.5. The van der Waals surface area contributed by atoms with E-state index in [2.05, 4.69) is 17.6 Å². The van der Waals surface area contributed by atoms with Crippen LogP contribution in [0, 0.1) is 0 Å². The van der Waals surface area contributed by atoms with Gasteiger partial charge >= 0.3 is 0 Å². The van der Waals surface area contributed by atoms with Crippen molar-refractivity contribution in [3.8, 4) is 5.75 Å². The maximum Gasteiger partial charge on any atom is 0.262 e. The minimum atomic E-state index is -0.247. The van der Waals surface area contributed by atoms with Gasteiger partial charge in [0.15, 0.2) is 6.61 Å². The van der Waals surface area contributed by atoms with Crippen LogP contribution in [0.2, 0.25) is 0 Å². The average molecular weight is 354 g/mol. The van der Waals surface area contributed by atoms with E-state index in [1.165, 1.54) is 0 Å². The fourth-order valence-corrected chi connectivity index (χ4v) is 2.32. The van der Waals surface area contributed by atoms with Gasteiger partial charge in [0.25, 0.3) is 11.8 Å². The number of rotatable bonds is 8. The summed E-state index contributed by atoms with van der Waals surface area (Å²) in [6.45, 7) is 5.98. The summed E-state index contributed by atoms with van der Waals surface area (Å²) in [6, 6.07) is 14.6. The molecule has 0 saturated carbocycles. The number of ether oxygens (including phenoxy) is 1. The first kappa shape index (κ1) is 19.5. The van der Waals surface area contributed by atoms with E-state index in [9.17, 15) is 9.59 Å². The monoisotopic (exact) mass is 354 g/mol. The second-order valence-corrected chi connectivity index (χ2v) is 6.20. The minimum Gasteiger partial charge on any atom is -0.484 e. The molecular weight excluding hydrogens is 328 g/mol. The minimum absolute atomic E-state index is 0.0661. The van der Waals surface area contributed by atoms with Crippen LogP contribution < -0.4 is 15.4 Å². The highest BCUT2D eigenvalue weighted by atomic mass is 16.5. The highest BCUT2D eigenvalue weighted by Gasteiger charge is 2.09. The Hall–Kier alpha value is -2.82. The van der Waals surface area contributed by atoms with Gasteiger partial charge in [-0.25, -0.2) is 0 Å². The fraction of sp³-hybridized carbons (Fsp3) is 0.333. The number of benzene rings is 2. The van der Waals surface area contributed by atoms with Gasteiger partial charge in [-0.1, -0.05) is 26.0 Å². The Morgan fingerprint density at radius 1 is 1.08 bits per heavy atom. The summed E-state index contributed by atoms with van der Waals surface area (Å²) in [6.07, 6.45) is 1.79. The lowest BCUT2D eigenvalue weighted by Gasteiger charge is -2.12. The molecule has 2 N–H and O–H groups in total. The maximum atomic E-state index is 12.0. The van der Waals surface area contributed by atoms with Crippen molar-refractivity contribution in [2.75, 3.05) is 11.9 Å². The van der Waals surface area contributed by atoms with E-state index in [4.69, 9.17) is 4.74 Å². The summed E-state index contributed by atoms with van der Waals surface area (Å²) in [5.41, 5.74) is 2.35. The molecule has 0 saturated heterocycles. The van der Waals surface area contributed by atoms with Crippen LogP contribution in [0.25, 0.3) is 0 Å². The molecule has 0 aromatic heterocycles. The quantitative estimate of drug-likeness (QED) is 0.758. The molecular formula is C21H26N2O3. The van der Waals surface area contributed by atoms with Crippen molar-refractivity contribution in [3.63, 3.8) is 0 Å². The second-order valence-electron chi connectivity index (χ2n) is 6.20. The second kappa shape index (κ2) is 9.61. The van der Waals surface area contributed by atoms with E-state index >= 15 is 0 Å². The normalized spacial score (nSPS) is 11.5. The van der Waals surface area contributed by atoms with Gasteiger partial charge in [0.05, 0.1) is 0 Å². The molecule has 1 atom stereocenters. The standard InChI is InChI=1S/C21H26N2O3/c1-4-15(3)22-21(25)17-9-11-18(12-10-17)23-20(24)14-26-19-8-6-7-16(5-2)13-19/h6-13,15H,4-5,14H2,1-3H3,(H,22,25)(H,23,24). The Kier molecular flexibility index (Phi) is 7.21. The Morgan fingerprint density at radius 2 is 1.81 bits per heavy atom. The first-order chi connectivity index (χ1) is 12.5. The predicted octanol–water partition coefficient (Wildman–Crippen LogP) is 3.79. The Balaban J connectivity index is 1.86. The zero-order valence-corrected chi connectivity index (χ0v) is 15.5. The van der Waals surface area contributed by atoms with E-state index in [1.54, 1.807) is 24.3 Å². The predicted molar refractivity (Wildman–Crippen MR) is 104 cm³/mol. The molecule has 0 spiro atoms. The van der Waals surface area contributed by atoms with Crippen molar-refractivity contribution in [2.45, 2.75) is 39.7 Å². The summed E-state index contributed by atoms with van der Waals surface area (Å²) in [7, 11) is 0. The van der Waals surface area contributed by atoms with Crippen LogP contribution in [-0.2, 0) is 11.2 Å². The number of anilines is 1. The lowest BCUT2D eigenvalue weighted by molar-refractivity contribution is -0.118. The summed E-state index contributed by atoms with van der Waals surface area (Å²) < 4.78 is 5.52. The Labute approximate surface area is 154 Å². The van der Waals surface area contributed by atoms with E-state index in [-0.39, 0.29) is 24.5 Å². The lowest BCUT2D eigenvalue weighted by atomic mass is 10.1. The van der Waals surface area contributed by atoms with Crippen molar-refractivity contribution in [2.24, 2.45) is 0 Å².